The van der Waals surface area contributed by atoms with Crippen molar-refractivity contribution in [3.8, 4) is 11.1 Å². The van der Waals surface area contributed by atoms with Crippen LogP contribution in [0.4, 0.5) is 32.4 Å². The van der Waals surface area contributed by atoms with Gasteiger partial charge in [-0.1, -0.05) is 12.1 Å². The van der Waals surface area contributed by atoms with Crippen molar-refractivity contribution in [2.75, 3.05) is 5.32 Å². The molecule has 2 rings (SSSR count). The lowest BCUT2D eigenvalue weighted by atomic mass is 10.0. The summed E-state index contributed by atoms with van der Waals surface area (Å²) in [4.78, 5) is 19.5. The van der Waals surface area contributed by atoms with Crippen LogP contribution in [-0.2, 0) is 4.79 Å². The zero-order valence-electron chi connectivity index (χ0n) is 12.1. The molecule has 0 spiro atoms. The molecule has 2 aromatic rings. The van der Waals surface area contributed by atoms with Crippen molar-refractivity contribution in [1.29, 1.82) is 0 Å². The van der Waals surface area contributed by atoms with Crippen LogP contribution in [0.25, 0.3) is 11.1 Å². The third-order valence-corrected chi connectivity index (χ3v) is 2.60. The molecule has 0 unspecified atom stereocenters. The van der Waals surface area contributed by atoms with Crippen LogP contribution in [0.1, 0.15) is 0 Å². The average molecular weight is 363 g/mol. The van der Waals surface area contributed by atoms with Gasteiger partial charge in [0.2, 0.25) is 0 Å². The summed E-state index contributed by atoms with van der Waals surface area (Å²) in [7, 11) is 0. The summed E-state index contributed by atoms with van der Waals surface area (Å²) in [6, 6.07) is 9.27. The van der Waals surface area contributed by atoms with Crippen molar-refractivity contribution in [2.45, 2.75) is 6.18 Å². The van der Waals surface area contributed by atoms with E-state index in [-0.39, 0.29) is 5.69 Å². The fourth-order valence-corrected chi connectivity index (χ4v) is 1.64. The van der Waals surface area contributed by atoms with Crippen molar-refractivity contribution >= 4 is 17.7 Å². The second-order valence-electron chi connectivity index (χ2n) is 4.43. The third-order valence-electron chi connectivity index (χ3n) is 2.60. The van der Waals surface area contributed by atoms with Gasteiger partial charge in [0.25, 0.3) is 0 Å². The smallest absolute Gasteiger partial charge is 0.475 e. The van der Waals surface area contributed by atoms with Crippen molar-refractivity contribution in [3.63, 3.8) is 0 Å². The molecule has 0 heterocycles. The largest absolute Gasteiger partial charge is 0.490 e. The van der Waals surface area contributed by atoms with Gasteiger partial charge in [-0.25, -0.2) is 18.4 Å². The molecule has 134 valence electrons. The average Bonchev–Trinajstić information content (AvgIpc) is 2.46. The van der Waals surface area contributed by atoms with Crippen LogP contribution in [-0.4, -0.2) is 28.5 Å². The highest BCUT2D eigenvalue weighted by Gasteiger charge is 2.38. The van der Waals surface area contributed by atoms with Gasteiger partial charge in [0, 0.05) is 5.56 Å². The number of hydrogen-bond acceptors (Lipinski definition) is 2. The first-order chi connectivity index (χ1) is 11.5. The van der Waals surface area contributed by atoms with E-state index in [0.717, 1.165) is 6.07 Å². The predicted octanol–water partition coefficient (Wildman–Crippen LogP) is 4.36. The van der Waals surface area contributed by atoms with Gasteiger partial charge in [0.15, 0.2) is 0 Å². The molecule has 5 nitrogen and oxygen atoms in total. The number of hydrogen-bond donors (Lipinski definition) is 3. The molecule has 25 heavy (non-hydrogen) atoms. The Morgan fingerprint density at radius 3 is 1.96 bits per heavy atom. The highest BCUT2D eigenvalue weighted by molar-refractivity contribution is 5.90. The first-order valence-electron chi connectivity index (χ1n) is 6.36. The highest BCUT2D eigenvalue weighted by Crippen LogP contribution is 2.29. The minimum Gasteiger partial charge on any atom is -0.475 e. The normalized spacial score (nSPS) is 10.4. The van der Waals surface area contributed by atoms with Crippen LogP contribution in [0.3, 0.4) is 0 Å². The predicted molar refractivity (Wildman–Crippen MR) is 77.1 cm³/mol. The first kappa shape index (κ1) is 19.9. The minimum atomic E-state index is -5.08. The molecule has 1 amide bonds. The summed E-state index contributed by atoms with van der Waals surface area (Å²) in [6.07, 6.45) is -6.39. The Kier molecular flexibility index (Phi) is 6.43. The van der Waals surface area contributed by atoms with E-state index < -0.39 is 29.9 Å². The lowest BCUT2D eigenvalue weighted by Gasteiger charge is -2.09. The van der Waals surface area contributed by atoms with Gasteiger partial charge < -0.3 is 10.2 Å². The summed E-state index contributed by atoms with van der Waals surface area (Å²) >= 11 is 0. The van der Waals surface area contributed by atoms with E-state index in [9.17, 15) is 26.7 Å². The van der Waals surface area contributed by atoms with Gasteiger partial charge in [-0.3, -0.25) is 5.32 Å². The Labute approximate surface area is 137 Å². The van der Waals surface area contributed by atoms with Gasteiger partial charge in [-0.15, -0.1) is 0 Å². The summed E-state index contributed by atoms with van der Waals surface area (Å²) in [5, 5.41) is 17.9. The molecular formula is C15H10F5NO4. The second-order valence-corrected chi connectivity index (χ2v) is 4.43. The SMILES string of the molecule is O=C(O)C(F)(F)F.O=C(O)Nc1cc(F)ccc1-c1cccc(F)c1. The molecule has 0 atom stereocenters. The van der Waals surface area contributed by atoms with Crippen LogP contribution in [0, 0.1) is 11.6 Å². The molecule has 0 aromatic heterocycles. The van der Waals surface area contributed by atoms with Crippen LogP contribution >= 0.6 is 0 Å². The van der Waals surface area contributed by atoms with Gasteiger partial charge >= 0.3 is 18.2 Å². The molecule has 0 aliphatic heterocycles. The van der Waals surface area contributed by atoms with E-state index in [2.05, 4.69) is 5.32 Å². The number of rotatable bonds is 2. The second kappa shape index (κ2) is 8.08. The summed E-state index contributed by atoms with van der Waals surface area (Å²) in [6.45, 7) is 0. The Balaban J connectivity index is 0.000000381. The topological polar surface area (TPSA) is 86.6 Å². The summed E-state index contributed by atoms with van der Waals surface area (Å²) in [5.74, 6) is -3.77. The molecule has 3 N–H and O–H groups in total. The van der Waals surface area contributed by atoms with Crippen LogP contribution in [0.15, 0.2) is 42.5 Å². The van der Waals surface area contributed by atoms with Gasteiger partial charge in [-0.05, 0) is 35.9 Å². The number of alkyl halides is 3. The molecular weight excluding hydrogens is 353 g/mol. The number of carboxylic acids is 1. The van der Waals surface area contributed by atoms with Gasteiger partial charge in [-0.2, -0.15) is 13.2 Å². The molecule has 0 saturated heterocycles. The number of benzene rings is 2. The van der Waals surface area contributed by atoms with E-state index in [1.165, 1.54) is 30.3 Å². The molecule has 0 radical (unpaired) electrons. The van der Waals surface area contributed by atoms with Crippen molar-refractivity contribution < 1.29 is 41.8 Å². The van der Waals surface area contributed by atoms with Gasteiger partial charge in [0.05, 0.1) is 5.69 Å². The third kappa shape index (κ3) is 6.45. The maximum atomic E-state index is 13.1. The Morgan fingerprint density at radius 1 is 0.920 bits per heavy atom. The zero-order valence-corrected chi connectivity index (χ0v) is 12.1. The van der Waals surface area contributed by atoms with Crippen LogP contribution < -0.4 is 5.32 Å². The van der Waals surface area contributed by atoms with E-state index in [0.29, 0.717) is 11.1 Å². The Morgan fingerprint density at radius 2 is 1.48 bits per heavy atom. The standard InChI is InChI=1S/C13H9F2NO2.C2HF3O2/c14-9-3-1-2-8(6-9)11-5-4-10(15)7-12(11)16-13(17)18;3-2(4,5)1(6)7/h1-7,16H,(H,17,18);(H,6,7). The number of halogens is 5. The minimum absolute atomic E-state index is 0.0769. The molecule has 0 bridgehead atoms. The Bertz CT molecular complexity index is 777. The number of carbonyl (C=O) groups is 2. The van der Waals surface area contributed by atoms with E-state index in [1.54, 1.807) is 6.07 Å². The van der Waals surface area contributed by atoms with Crippen LogP contribution in [0.5, 0.6) is 0 Å². The Hall–Kier alpha value is -3.17. The maximum absolute atomic E-state index is 13.1. The fourth-order valence-electron chi connectivity index (χ4n) is 1.64. The first-order valence-corrected chi connectivity index (χ1v) is 6.36. The number of nitrogens with one attached hydrogen (secondary N) is 1. The van der Waals surface area contributed by atoms with E-state index in [4.69, 9.17) is 15.0 Å². The lowest BCUT2D eigenvalue weighted by Crippen LogP contribution is -2.21. The van der Waals surface area contributed by atoms with Crippen LogP contribution in [0.2, 0.25) is 0 Å². The van der Waals surface area contributed by atoms with Crippen molar-refractivity contribution in [1.82, 2.24) is 0 Å². The number of carboxylic acid groups (broad SMARTS) is 2. The zero-order chi connectivity index (χ0) is 19.2. The molecule has 10 heteroatoms. The molecule has 0 fully saturated rings. The lowest BCUT2D eigenvalue weighted by molar-refractivity contribution is -0.192. The quantitative estimate of drug-likeness (QED) is 0.692. The van der Waals surface area contributed by atoms with Crippen molar-refractivity contribution in [3.05, 3.63) is 54.1 Å². The maximum Gasteiger partial charge on any atom is 0.490 e. The van der Waals surface area contributed by atoms with Gasteiger partial charge in [0.1, 0.15) is 11.6 Å². The van der Waals surface area contributed by atoms with E-state index >= 15 is 0 Å². The molecule has 0 saturated carbocycles. The van der Waals surface area contributed by atoms with Crippen molar-refractivity contribution in [2.24, 2.45) is 0 Å². The number of aliphatic carboxylic acids is 1. The number of anilines is 1. The number of amides is 1. The highest BCUT2D eigenvalue weighted by atomic mass is 19.4. The van der Waals surface area contributed by atoms with E-state index in [1.807, 2.05) is 0 Å². The molecule has 0 aliphatic carbocycles. The molecule has 0 aliphatic rings. The fraction of sp³-hybridized carbons (Fsp3) is 0.0667. The monoisotopic (exact) mass is 363 g/mol. The summed E-state index contributed by atoms with van der Waals surface area (Å²) < 4.78 is 57.9. The molecule has 2 aromatic carbocycles. The summed E-state index contributed by atoms with van der Waals surface area (Å²) in [5.41, 5.74) is 0.963.